The van der Waals surface area contributed by atoms with Crippen molar-refractivity contribution in [2.24, 2.45) is 0 Å². The second-order valence-corrected chi connectivity index (χ2v) is 3.28. The Hall–Kier alpha value is -0.310. The summed E-state index contributed by atoms with van der Waals surface area (Å²) in [5, 5.41) is 0. The van der Waals surface area contributed by atoms with E-state index in [-0.39, 0.29) is 5.78 Å². The number of ether oxygens (including phenoxy) is 1. The number of ketones is 1. The van der Waals surface area contributed by atoms with Crippen LogP contribution in [0.15, 0.2) is 10.7 Å². The van der Waals surface area contributed by atoms with Gasteiger partial charge < -0.3 is 4.74 Å². The van der Waals surface area contributed by atoms with Crippen molar-refractivity contribution in [2.75, 3.05) is 0 Å². The molecule has 0 unspecified atom stereocenters. The number of carbonyl (C=O) groups excluding carboxylic acids is 1. The first-order valence-electron chi connectivity index (χ1n) is 2.62. The zero-order valence-electron chi connectivity index (χ0n) is 5.27. The van der Waals surface area contributed by atoms with E-state index < -0.39 is 5.60 Å². The maximum atomic E-state index is 11.0. The molecular formula is C6H7BrO2. The molecule has 0 spiro atoms. The van der Waals surface area contributed by atoms with Gasteiger partial charge >= 0.3 is 0 Å². The molecule has 50 valence electrons. The van der Waals surface area contributed by atoms with Crippen molar-refractivity contribution < 1.29 is 9.53 Å². The molecule has 1 aliphatic rings. The zero-order valence-corrected chi connectivity index (χ0v) is 6.86. The first kappa shape index (κ1) is 6.81. The Balaban J connectivity index is 2.86. The van der Waals surface area contributed by atoms with E-state index in [0.717, 1.165) is 0 Å². The fourth-order valence-corrected chi connectivity index (χ4v) is 1.16. The Bertz CT molecular complexity index is 181. The van der Waals surface area contributed by atoms with E-state index in [1.807, 2.05) is 0 Å². The van der Waals surface area contributed by atoms with E-state index in [1.165, 1.54) is 6.26 Å². The Morgan fingerprint density at radius 2 is 2.22 bits per heavy atom. The third-order valence-corrected chi connectivity index (χ3v) is 1.77. The van der Waals surface area contributed by atoms with Gasteiger partial charge in [0.05, 0.1) is 4.48 Å². The standard InChI is InChI=1S/C6H7BrO2/c1-6(2)5(8)4(7)3-9-6/h3H,1-2H3. The summed E-state index contributed by atoms with van der Waals surface area (Å²) in [7, 11) is 0. The molecule has 0 aromatic heterocycles. The molecule has 0 radical (unpaired) electrons. The molecule has 0 fully saturated rings. The topological polar surface area (TPSA) is 26.3 Å². The van der Waals surface area contributed by atoms with Gasteiger partial charge in [0.25, 0.3) is 0 Å². The van der Waals surface area contributed by atoms with Crippen LogP contribution < -0.4 is 0 Å². The smallest absolute Gasteiger partial charge is 0.215 e. The van der Waals surface area contributed by atoms with Crippen LogP contribution in [-0.2, 0) is 9.53 Å². The summed E-state index contributed by atoms with van der Waals surface area (Å²) < 4.78 is 5.53. The maximum absolute atomic E-state index is 11.0. The van der Waals surface area contributed by atoms with Gasteiger partial charge in [-0.05, 0) is 29.8 Å². The van der Waals surface area contributed by atoms with Gasteiger partial charge in [0.1, 0.15) is 6.26 Å². The molecule has 0 aliphatic carbocycles. The minimum atomic E-state index is -0.654. The van der Waals surface area contributed by atoms with Gasteiger partial charge in [-0.25, -0.2) is 0 Å². The van der Waals surface area contributed by atoms with Crippen LogP contribution in [-0.4, -0.2) is 11.4 Å². The van der Waals surface area contributed by atoms with Crippen molar-refractivity contribution in [3.05, 3.63) is 10.7 Å². The van der Waals surface area contributed by atoms with Gasteiger partial charge in [-0.1, -0.05) is 0 Å². The molecule has 0 N–H and O–H groups in total. The Kier molecular flexibility index (Phi) is 1.39. The van der Waals surface area contributed by atoms with Crippen molar-refractivity contribution in [1.29, 1.82) is 0 Å². The number of hydrogen-bond donors (Lipinski definition) is 0. The lowest BCUT2D eigenvalue weighted by molar-refractivity contribution is -0.126. The molecule has 0 atom stereocenters. The predicted octanol–water partition coefficient (Wildman–Crippen LogP) is 1.60. The van der Waals surface area contributed by atoms with E-state index in [0.29, 0.717) is 4.48 Å². The van der Waals surface area contributed by atoms with Crippen LogP contribution in [0.5, 0.6) is 0 Å². The molecule has 0 aromatic carbocycles. The van der Waals surface area contributed by atoms with Gasteiger partial charge in [0, 0.05) is 0 Å². The van der Waals surface area contributed by atoms with Gasteiger partial charge in [0.15, 0.2) is 5.60 Å². The van der Waals surface area contributed by atoms with E-state index in [1.54, 1.807) is 13.8 Å². The molecule has 0 aromatic rings. The third-order valence-electron chi connectivity index (χ3n) is 1.22. The summed E-state index contributed by atoms with van der Waals surface area (Å²) >= 11 is 3.07. The minimum absolute atomic E-state index is 0.00231. The number of carbonyl (C=O) groups is 1. The highest BCUT2D eigenvalue weighted by Crippen LogP contribution is 2.27. The molecular weight excluding hydrogens is 184 g/mol. The monoisotopic (exact) mass is 190 g/mol. The second kappa shape index (κ2) is 1.84. The fraction of sp³-hybridized carbons (Fsp3) is 0.500. The number of rotatable bonds is 0. The predicted molar refractivity (Wildman–Crippen MR) is 37.2 cm³/mol. The van der Waals surface area contributed by atoms with Gasteiger partial charge in [0.2, 0.25) is 5.78 Å². The number of halogens is 1. The average molecular weight is 191 g/mol. The first-order valence-corrected chi connectivity index (χ1v) is 3.41. The van der Waals surface area contributed by atoms with Crippen molar-refractivity contribution in [1.82, 2.24) is 0 Å². The summed E-state index contributed by atoms with van der Waals surface area (Å²) in [6.07, 6.45) is 1.43. The summed E-state index contributed by atoms with van der Waals surface area (Å²) in [6, 6.07) is 0. The molecule has 9 heavy (non-hydrogen) atoms. The second-order valence-electron chi connectivity index (χ2n) is 2.42. The van der Waals surface area contributed by atoms with Crippen molar-refractivity contribution in [3.8, 4) is 0 Å². The van der Waals surface area contributed by atoms with Crippen LogP contribution in [0.25, 0.3) is 0 Å². The van der Waals surface area contributed by atoms with Gasteiger partial charge in [-0.15, -0.1) is 0 Å². The molecule has 2 nitrogen and oxygen atoms in total. The van der Waals surface area contributed by atoms with Crippen LogP contribution in [0.4, 0.5) is 0 Å². The van der Waals surface area contributed by atoms with Crippen LogP contribution in [0.1, 0.15) is 13.8 Å². The highest BCUT2D eigenvalue weighted by Gasteiger charge is 2.35. The summed E-state index contributed by atoms with van der Waals surface area (Å²) in [5.41, 5.74) is -0.654. The largest absolute Gasteiger partial charge is 0.486 e. The van der Waals surface area contributed by atoms with Crippen molar-refractivity contribution in [3.63, 3.8) is 0 Å². The highest BCUT2D eigenvalue weighted by atomic mass is 79.9. The number of Topliss-reactive ketones (excluding diaryl/α,β-unsaturated/α-hetero) is 1. The maximum Gasteiger partial charge on any atom is 0.215 e. The van der Waals surface area contributed by atoms with Crippen LogP contribution >= 0.6 is 15.9 Å². The molecule has 1 aliphatic heterocycles. The zero-order chi connectivity index (χ0) is 7.07. The van der Waals surface area contributed by atoms with Crippen LogP contribution in [0.2, 0.25) is 0 Å². The van der Waals surface area contributed by atoms with Crippen molar-refractivity contribution in [2.45, 2.75) is 19.4 Å². The molecule has 0 saturated carbocycles. The molecule has 0 bridgehead atoms. The Morgan fingerprint density at radius 3 is 2.33 bits per heavy atom. The summed E-state index contributed by atoms with van der Waals surface area (Å²) in [6.45, 7) is 3.47. The lowest BCUT2D eigenvalue weighted by Gasteiger charge is -2.14. The molecule has 1 heterocycles. The van der Waals surface area contributed by atoms with E-state index in [4.69, 9.17) is 4.74 Å². The van der Waals surface area contributed by atoms with E-state index in [9.17, 15) is 4.79 Å². The normalized spacial score (nSPS) is 23.4. The molecule has 0 amide bonds. The third kappa shape index (κ3) is 1.01. The minimum Gasteiger partial charge on any atom is -0.486 e. The average Bonchev–Trinajstić information content (AvgIpc) is 1.97. The molecule has 1 rings (SSSR count). The van der Waals surface area contributed by atoms with Gasteiger partial charge in [-0.2, -0.15) is 0 Å². The van der Waals surface area contributed by atoms with E-state index >= 15 is 0 Å². The Morgan fingerprint density at radius 1 is 1.67 bits per heavy atom. The highest BCUT2D eigenvalue weighted by molar-refractivity contribution is 9.12. The van der Waals surface area contributed by atoms with E-state index in [2.05, 4.69) is 15.9 Å². The molecule has 3 heteroatoms. The summed E-state index contributed by atoms with van der Waals surface area (Å²) in [4.78, 5) is 11.0. The van der Waals surface area contributed by atoms with Crippen LogP contribution in [0.3, 0.4) is 0 Å². The molecule has 0 saturated heterocycles. The SMILES string of the molecule is CC1(C)OC=C(Br)C1=O. The lowest BCUT2D eigenvalue weighted by Crippen LogP contribution is -2.28. The van der Waals surface area contributed by atoms with Crippen LogP contribution in [0, 0.1) is 0 Å². The Labute approximate surface area is 62.0 Å². The van der Waals surface area contributed by atoms with Gasteiger partial charge in [-0.3, -0.25) is 4.79 Å². The fourth-order valence-electron chi connectivity index (χ4n) is 0.594. The first-order chi connectivity index (χ1) is 4.04. The lowest BCUT2D eigenvalue weighted by atomic mass is 10.1. The van der Waals surface area contributed by atoms with Crippen molar-refractivity contribution >= 4 is 21.7 Å². The quantitative estimate of drug-likeness (QED) is 0.581. The summed E-state index contributed by atoms with van der Waals surface area (Å²) in [5.74, 6) is 0.00231. The number of hydrogen-bond acceptors (Lipinski definition) is 2.